The Morgan fingerprint density at radius 1 is 1.38 bits per heavy atom. The van der Waals surface area contributed by atoms with E-state index >= 15 is 0 Å². The molecule has 3 aliphatic rings. The van der Waals surface area contributed by atoms with Gasteiger partial charge in [0.05, 0.1) is 19.2 Å². The first-order valence-electron chi connectivity index (χ1n) is 10.1. The Balaban J connectivity index is 1.31. The minimum atomic E-state index is -0.431. The van der Waals surface area contributed by atoms with Crippen molar-refractivity contribution < 1.29 is 14.6 Å². The number of aliphatic hydroxyl groups excluding tert-OH is 1. The van der Waals surface area contributed by atoms with Crippen LogP contribution >= 0.6 is 11.3 Å². The van der Waals surface area contributed by atoms with Crippen molar-refractivity contribution in [2.45, 2.75) is 31.5 Å². The van der Waals surface area contributed by atoms with E-state index in [1.54, 1.807) is 17.5 Å². The number of pyridine rings is 1. The van der Waals surface area contributed by atoms with Gasteiger partial charge in [-0.15, -0.1) is 10.2 Å². The molecule has 5 heterocycles. The fourth-order valence-electron chi connectivity index (χ4n) is 5.14. The average molecular weight is 416 g/mol. The van der Waals surface area contributed by atoms with E-state index in [0.717, 1.165) is 15.7 Å². The summed E-state index contributed by atoms with van der Waals surface area (Å²) < 4.78 is 6.46. The summed E-state index contributed by atoms with van der Waals surface area (Å²) in [4.78, 5) is 21.2. The van der Waals surface area contributed by atoms with Crippen LogP contribution < -0.4 is 4.90 Å². The number of hydrogen-bond acceptors (Lipinski definition) is 8. The Labute approximate surface area is 173 Å². The van der Waals surface area contributed by atoms with E-state index in [-0.39, 0.29) is 30.5 Å². The van der Waals surface area contributed by atoms with Crippen LogP contribution in [0.15, 0.2) is 24.5 Å². The fourth-order valence-corrected chi connectivity index (χ4v) is 5.83. The van der Waals surface area contributed by atoms with Gasteiger partial charge in [-0.2, -0.15) is 0 Å². The lowest BCUT2D eigenvalue weighted by Gasteiger charge is -2.40. The number of hydrogen-bond donors (Lipinski definition) is 1. The first kappa shape index (κ1) is 18.9. The van der Waals surface area contributed by atoms with Gasteiger partial charge in [-0.1, -0.05) is 17.4 Å². The molecule has 3 aliphatic heterocycles. The number of nitrogens with zero attached hydrogens (tertiary/aromatic N) is 5. The Kier molecular flexibility index (Phi) is 4.76. The zero-order valence-electron chi connectivity index (χ0n) is 16.4. The van der Waals surface area contributed by atoms with Crippen LogP contribution in [0.25, 0.3) is 0 Å². The van der Waals surface area contributed by atoms with Crippen LogP contribution in [0.2, 0.25) is 0 Å². The molecule has 5 rings (SSSR count). The van der Waals surface area contributed by atoms with Crippen LogP contribution in [-0.2, 0) is 16.0 Å². The van der Waals surface area contributed by atoms with Crippen molar-refractivity contribution in [3.63, 3.8) is 0 Å². The average Bonchev–Trinajstić information content (AvgIpc) is 3.37. The van der Waals surface area contributed by atoms with Crippen molar-refractivity contribution in [2.24, 2.45) is 11.8 Å². The highest BCUT2D eigenvalue weighted by molar-refractivity contribution is 7.15. The number of morpholine rings is 1. The number of amides is 1. The minimum Gasteiger partial charge on any atom is -0.396 e. The van der Waals surface area contributed by atoms with Gasteiger partial charge in [0.2, 0.25) is 11.0 Å². The van der Waals surface area contributed by atoms with E-state index in [1.807, 2.05) is 30.2 Å². The molecule has 1 spiro atoms. The smallest absolute Gasteiger partial charge is 0.223 e. The van der Waals surface area contributed by atoms with Gasteiger partial charge in [-0.25, -0.2) is 0 Å². The molecule has 0 unspecified atom stereocenters. The molecule has 1 N–H and O–H groups in total. The monoisotopic (exact) mass is 415 g/mol. The number of aliphatic hydroxyl groups is 1. The fraction of sp³-hybridized carbons (Fsp3) is 0.600. The summed E-state index contributed by atoms with van der Waals surface area (Å²) in [5.74, 6) is 0.336. The second-order valence-corrected chi connectivity index (χ2v) is 9.45. The Hall–Kier alpha value is -2.10. The van der Waals surface area contributed by atoms with E-state index in [4.69, 9.17) is 4.74 Å². The lowest BCUT2D eigenvalue weighted by Crippen LogP contribution is -2.54. The highest BCUT2D eigenvalue weighted by atomic mass is 32.1. The van der Waals surface area contributed by atoms with Gasteiger partial charge in [0.1, 0.15) is 10.6 Å². The standard InChI is InChI=1S/C20H25N5O3S/c1-13-22-23-19(29-13)25-9-17-15(10-26)16-8-24(11-20(16,12-25)28-17)18(27)5-4-14-3-2-6-21-7-14/h2-3,6-7,15-17,26H,4-5,8-12H2,1H3/t15-,16+,17+,20-/m0/s1. The van der Waals surface area contributed by atoms with Gasteiger partial charge in [-0.05, 0) is 25.0 Å². The number of carbonyl (C=O) groups excluding carboxylic acids is 1. The predicted molar refractivity (Wildman–Crippen MR) is 108 cm³/mol. The number of likely N-dealkylation sites (tertiary alicyclic amines) is 1. The maximum absolute atomic E-state index is 12.9. The number of aryl methyl sites for hydroxylation is 2. The SMILES string of the molecule is Cc1nnc(N2C[C@H]3O[C@@]4(CN(C(=O)CCc5cccnc5)C[C@@H]4[C@@H]3CO)C2)s1. The van der Waals surface area contributed by atoms with Crippen molar-refractivity contribution in [2.75, 3.05) is 37.7 Å². The molecular formula is C20H25N5O3S. The van der Waals surface area contributed by atoms with Crippen LogP contribution in [0.5, 0.6) is 0 Å². The third-order valence-corrected chi connectivity index (χ3v) is 7.39. The lowest BCUT2D eigenvalue weighted by atomic mass is 9.83. The van der Waals surface area contributed by atoms with Crippen molar-refractivity contribution in [3.8, 4) is 0 Å². The van der Waals surface area contributed by atoms with E-state index in [1.165, 1.54) is 0 Å². The van der Waals surface area contributed by atoms with Gasteiger partial charge in [0.25, 0.3) is 0 Å². The number of rotatable bonds is 5. The van der Waals surface area contributed by atoms with E-state index < -0.39 is 5.60 Å². The van der Waals surface area contributed by atoms with Gasteiger partial charge in [-0.3, -0.25) is 9.78 Å². The highest BCUT2D eigenvalue weighted by Crippen LogP contribution is 2.50. The number of aromatic nitrogens is 3. The van der Waals surface area contributed by atoms with Crippen molar-refractivity contribution in [1.29, 1.82) is 0 Å². The molecule has 0 aliphatic carbocycles. The molecule has 29 heavy (non-hydrogen) atoms. The Morgan fingerprint density at radius 2 is 2.28 bits per heavy atom. The van der Waals surface area contributed by atoms with Crippen molar-refractivity contribution >= 4 is 22.4 Å². The molecule has 2 aromatic rings. The number of fused-ring (bicyclic) bond motifs is 1. The summed E-state index contributed by atoms with van der Waals surface area (Å²) in [5.41, 5.74) is 0.637. The first-order chi connectivity index (χ1) is 14.1. The first-order valence-corrected chi connectivity index (χ1v) is 10.9. The van der Waals surface area contributed by atoms with Crippen molar-refractivity contribution in [1.82, 2.24) is 20.1 Å². The van der Waals surface area contributed by atoms with Crippen molar-refractivity contribution in [3.05, 3.63) is 35.1 Å². The van der Waals surface area contributed by atoms with Gasteiger partial charge in [0.15, 0.2) is 0 Å². The van der Waals surface area contributed by atoms with Crippen LogP contribution in [-0.4, -0.2) is 75.6 Å². The molecule has 9 heteroatoms. The maximum Gasteiger partial charge on any atom is 0.223 e. The zero-order chi connectivity index (χ0) is 20.0. The van der Waals surface area contributed by atoms with Crippen LogP contribution in [0, 0.1) is 18.8 Å². The largest absolute Gasteiger partial charge is 0.396 e. The van der Waals surface area contributed by atoms with E-state index in [9.17, 15) is 9.90 Å². The van der Waals surface area contributed by atoms with Crippen LogP contribution in [0.1, 0.15) is 17.0 Å². The molecule has 0 aromatic carbocycles. The molecule has 3 saturated heterocycles. The molecule has 2 aromatic heterocycles. The highest BCUT2D eigenvalue weighted by Gasteiger charge is 2.63. The Morgan fingerprint density at radius 3 is 3.00 bits per heavy atom. The third kappa shape index (κ3) is 3.31. The quantitative estimate of drug-likeness (QED) is 0.776. The lowest BCUT2D eigenvalue weighted by molar-refractivity contribution is -0.133. The van der Waals surface area contributed by atoms with E-state index in [2.05, 4.69) is 20.1 Å². The topological polar surface area (TPSA) is 91.7 Å². The number of ether oxygens (including phenoxy) is 1. The second-order valence-electron chi connectivity index (χ2n) is 8.29. The maximum atomic E-state index is 12.9. The van der Waals surface area contributed by atoms with Gasteiger partial charge >= 0.3 is 0 Å². The summed E-state index contributed by atoms with van der Waals surface area (Å²) in [5, 5.41) is 20.3. The van der Waals surface area contributed by atoms with E-state index in [0.29, 0.717) is 39.0 Å². The van der Waals surface area contributed by atoms with Gasteiger partial charge < -0.3 is 19.6 Å². The summed E-state index contributed by atoms with van der Waals surface area (Å²) >= 11 is 1.58. The zero-order valence-corrected chi connectivity index (χ0v) is 17.2. The third-order valence-electron chi connectivity index (χ3n) is 6.49. The summed E-state index contributed by atoms with van der Waals surface area (Å²) in [7, 11) is 0. The molecular weight excluding hydrogens is 390 g/mol. The molecule has 0 saturated carbocycles. The minimum absolute atomic E-state index is 0.0319. The van der Waals surface area contributed by atoms with Crippen LogP contribution in [0.3, 0.4) is 0 Å². The summed E-state index contributed by atoms with van der Waals surface area (Å²) in [6.45, 7) is 4.66. The van der Waals surface area contributed by atoms with Gasteiger partial charge in [0, 0.05) is 50.3 Å². The molecule has 3 fully saturated rings. The predicted octanol–water partition coefficient (Wildman–Crippen LogP) is 0.899. The molecule has 2 bridgehead atoms. The molecule has 0 radical (unpaired) electrons. The normalized spacial score (nSPS) is 30.6. The molecule has 154 valence electrons. The number of carbonyl (C=O) groups is 1. The number of anilines is 1. The molecule has 4 atom stereocenters. The summed E-state index contributed by atoms with van der Waals surface area (Å²) in [6, 6.07) is 3.89. The summed E-state index contributed by atoms with van der Waals surface area (Å²) in [6.07, 6.45) is 4.66. The Bertz CT molecular complexity index is 893. The second kappa shape index (κ2) is 7.30. The molecule has 1 amide bonds. The molecule has 8 nitrogen and oxygen atoms in total. The van der Waals surface area contributed by atoms with Crippen LogP contribution in [0.4, 0.5) is 5.13 Å².